The molecular formula is C14H24FN4O5PS. The number of nitro groups is 1. The monoisotopic (exact) mass is 410 g/mol. The summed E-state index contributed by atoms with van der Waals surface area (Å²) in [7, 11) is -6.23. The number of benzene rings is 1. The maximum atomic E-state index is 13.5. The van der Waals surface area contributed by atoms with Crippen LogP contribution in [-0.2, 0) is 10.0 Å². The summed E-state index contributed by atoms with van der Waals surface area (Å²) in [6.45, 7) is 2.53. The number of hydrogen-bond donors (Lipinski definition) is 3. The number of nitro benzene ring substituents is 1. The second-order valence-electron chi connectivity index (χ2n) is 6.70. The molecular weight excluding hydrogens is 386 g/mol. The topological polar surface area (TPSA) is 139 Å². The van der Waals surface area contributed by atoms with Crippen LogP contribution in [0.4, 0.5) is 15.8 Å². The van der Waals surface area contributed by atoms with E-state index in [-0.39, 0.29) is 17.1 Å². The molecule has 0 radical (unpaired) electrons. The summed E-state index contributed by atoms with van der Waals surface area (Å²) in [5, 5.41) is 19.0. The fraction of sp³-hybridized carbons (Fsp3) is 0.571. The SMILES string of the molecule is C[PH]1(O)CCN(C(CF)CNc2ccc(S(N)(=O)=O)cc2[N+](=O)[O-])CC1. The van der Waals surface area contributed by atoms with Crippen molar-refractivity contribution in [2.24, 2.45) is 5.14 Å². The molecule has 1 atom stereocenters. The summed E-state index contributed by atoms with van der Waals surface area (Å²) in [6, 6.07) is 2.81. The summed E-state index contributed by atoms with van der Waals surface area (Å²) < 4.78 is 36.2. The second kappa shape index (κ2) is 8.10. The molecule has 12 heteroatoms. The summed E-state index contributed by atoms with van der Waals surface area (Å²) in [4.78, 5) is 22.2. The quantitative estimate of drug-likeness (QED) is 0.340. The van der Waals surface area contributed by atoms with Crippen LogP contribution in [-0.4, -0.2) is 74.5 Å². The van der Waals surface area contributed by atoms with Crippen LogP contribution < -0.4 is 10.5 Å². The van der Waals surface area contributed by atoms with Crippen LogP contribution >= 0.6 is 7.49 Å². The van der Waals surface area contributed by atoms with E-state index in [9.17, 15) is 27.8 Å². The normalized spacial score (nSPS) is 20.3. The van der Waals surface area contributed by atoms with E-state index in [1.807, 2.05) is 11.6 Å². The Bertz CT molecular complexity index is 767. The number of nitrogens with zero attached hydrogens (tertiary/aromatic N) is 2. The molecule has 0 spiro atoms. The molecule has 9 nitrogen and oxygen atoms in total. The predicted molar refractivity (Wildman–Crippen MR) is 100 cm³/mol. The molecule has 0 amide bonds. The zero-order valence-corrected chi connectivity index (χ0v) is 16.2. The van der Waals surface area contributed by atoms with Crippen molar-refractivity contribution in [3.8, 4) is 0 Å². The zero-order chi connectivity index (χ0) is 19.5. The number of primary sulfonamides is 1. The standard InChI is InChI=1S/C14H24FN4O5PS/c1-25(22)6-4-18(5-7-25)11(9-15)10-17-13-3-2-12(26(16,23)24)8-14(13)19(20)21/h2-3,8,11,17,22,25H,4-7,9-10H2,1H3,(H2,16,23,24). The number of nitrogens with one attached hydrogen (secondary N) is 1. The summed E-state index contributed by atoms with van der Waals surface area (Å²) in [6.07, 6.45) is 1.32. The van der Waals surface area contributed by atoms with Crippen molar-refractivity contribution < 1.29 is 22.6 Å². The average Bonchev–Trinajstić information content (AvgIpc) is 2.55. The van der Waals surface area contributed by atoms with E-state index in [1.165, 1.54) is 12.1 Å². The first-order valence-electron chi connectivity index (χ1n) is 8.11. The number of hydrogen-bond acceptors (Lipinski definition) is 7. The zero-order valence-electron chi connectivity index (χ0n) is 14.4. The third kappa shape index (κ3) is 5.31. The number of halogens is 1. The van der Waals surface area contributed by atoms with E-state index in [0.717, 1.165) is 6.07 Å². The van der Waals surface area contributed by atoms with Crippen LogP contribution in [0.5, 0.6) is 0 Å². The van der Waals surface area contributed by atoms with E-state index in [1.54, 1.807) is 0 Å². The Morgan fingerprint density at radius 2 is 2.08 bits per heavy atom. The predicted octanol–water partition coefficient (Wildman–Crippen LogP) is 0.595. The van der Waals surface area contributed by atoms with Crippen molar-refractivity contribution in [2.75, 3.05) is 50.6 Å². The molecule has 1 heterocycles. The van der Waals surface area contributed by atoms with E-state index < -0.39 is 40.8 Å². The minimum atomic E-state index is -4.06. The fourth-order valence-electron chi connectivity index (χ4n) is 2.87. The van der Waals surface area contributed by atoms with Crippen molar-refractivity contribution >= 4 is 28.9 Å². The van der Waals surface area contributed by atoms with Gasteiger partial charge in [-0.15, -0.1) is 0 Å². The van der Waals surface area contributed by atoms with Crippen LogP contribution in [0.3, 0.4) is 0 Å². The molecule has 4 N–H and O–H groups in total. The Kier molecular flexibility index (Phi) is 6.51. The molecule has 1 aliphatic rings. The Morgan fingerprint density at radius 3 is 2.58 bits per heavy atom. The minimum absolute atomic E-state index is 0.0965. The maximum absolute atomic E-state index is 13.5. The van der Waals surface area contributed by atoms with Crippen LogP contribution in [0.15, 0.2) is 23.1 Å². The van der Waals surface area contributed by atoms with Crippen LogP contribution in [0.2, 0.25) is 0 Å². The van der Waals surface area contributed by atoms with E-state index >= 15 is 0 Å². The van der Waals surface area contributed by atoms with Gasteiger partial charge in [0, 0.05) is 0 Å². The Labute approximate surface area is 152 Å². The fourth-order valence-corrected chi connectivity index (χ4v) is 5.19. The Morgan fingerprint density at radius 1 is 1.46 bits per heavy atom. The molecule has 0 aliphatic carbocycles. The van der Waals surface area contributed by atoms with Gasteiger partial charge in [-0.3, -0.25) is 0 Å². The molecule has 1 aliphatic heterocycles. The van der Waals surface area contributed by atoms with Gasteiger partial charge in [0.1, 0.15) is 0 Å². The van der Waals surface area contributed by atoms with Crippen LogP contribution in [0.25, 0.3) is 0 Å². The van der Waals surface area contributed by atoms with Gasteiger partial charge in [-0.1, -0.05) is 0 Å². The first-order valence-corrected chi connectivity index (χ1v) is 12.5. The van der Waals surface area contributed by atoms with Gasteiger partial charge in [0.2, 0.25) is 0 Å². The number of nitrogens with two attached hydrogens (primary N) is 1. The number of alkyl halides is 1. The van der Waals surface area contributed by atoms with Crippen molar-refractivity contribution in [2.45, 2.75) is 10.9 Å². The molecule has 0 saturated carbocycles. The van der Waals surface area contributed by atoms with Crippen molar-refractivity contribution in [3.05, 3.63) is 28.3 Å². The molecule has 1 aromatic carbocycles. The van der Waals surface area contributed by atoms with Gasteiger partial charge in [0.25, 0.3) is 0 Å². The molecule has 1 saturated heterocycles. The Balaban J connectivity index is 2.11. The summed E-state index contributed by atoms with van der Waals surface area (Å²) in [5.41, 5.74) is -0.345. The molecule has 148 valence electrons. The van der Waals surface area contributed by atoms with Gasteiger partial charge in [-0.25, -0.2) is 0 Å². The summed E-state index contributed by atoms with van der Waals surface area (Å²) >= 11 is 0. The molecule has 1 aromatic rings. The molecule has 1 unspecified atom stereocenters. The van der Waals surface area contributed by atoms with Gasteiger partial charge >= 0.3 is 151 Å². The van der Waals surface area contributed by atoms with Gasteiger partial charge < -0.3 is 0 Å². The first kappa shape index (κ1) is 20.9. The third-order valence-corrected chi connectivity index (χ3v) is 8.10. The number of anilines is 1. The average molecular weight is 410 g/mol. The van der Waals surface area contributed by atoms with E-state index in [0.29, 0.717) is 25.4 Å². The first-order chi connectivity index (χ1) is 12.0. The number of sulfonamides is 1. The van der Waals surface area contributed by atoms with Crippen molar-refractivity contribution in [1.82, 2.24) is 4.90 Å². The number of rotatable bonds is 7. The Hall–Kier alpha value is -1.39. The van der Waals surface area contributed by atoms with Gasteiger partial charge in [-0.2, -0.15) is 0 Å². The van der Waals surface area contributed by atoms with E-state index in [4.69, 9.17) is 5.14 Å². The molecule has 26 heavy (non-hydrogen) atoms. The molecule has 1 fully saturated rings. The van der Waals surface area contributed by atoms with Gasteiger partial charge in [-0.05, 0) is 0 Å². The van der Waals surface area contributed by atoms with Gasteiger partial charge in [0.05, 0.1) is 0 Å². The van der Waals surface area contributed by atoms with Crippen LogP contribution in [0, 0.1) is 10.1 Å². The third-order valence-electron chi connectivity index (χ3n) is 4.59. The van der Waals surface area contributed by atoms with E-state index in [2.05, 4.69) is 5.32 Å². The summed E-state index contributed by atoms with van der Waals surface area (Å²) in [5.74, 6) is 0. The second-order valence-corrected chi connectivity index (χ2v) is 12.3. The van der Waals surface area contributed by atoms with Crippen molar-refractivity contribution in [1.29, 1.82) is 0 Å². The molecule has 0 aromatic heterocycles. The molecule has 0 bridgehead atoms. The molecule has 2 rings (SSSR count). The van der Waals surface area contributed by atoms with Gasteiger partial charge in [0.15, 0.2) is 0 Å². The van der Waals surface area contributed by atoms with Crippen LogP contribution in [0.1, 0.15) is 0 Å². The van der Waals surface area contributed by atoms with Crippen molar-refractivity contribution in [3.63, 3.8) is 0 Å².